The minimum Gasteiger partial charge on any atom is -0.315 e. The third kappa shape index (κ3) is 4.44. The van der Waals surface area contributed by atoms with Gasteiger partial charge in [-0.05, 0) is 44.0 Å². The van der Waals surface area contributed by atoms with E-state index in [0.29, 0.717) is 17.1 Å². The van der Waals surface area contributed by atoms with Gasteiger partial charge in [-0.3, -0.25) is 9.69 Å². The molecule has 1 N–H and O–H groups in total. The smallest absolute Gasteiger partial charge is 0.239 e. The summed E-state index contributed by atoms with van der Waals surface area (Å²) in [5, 5.41) is 12.8. The average molecular weight is 341 g/mol. The van der Waals surface area contributed by atoms with Crippen molar-refractivity contribution in [1.82, 2.24) is 4.90 Å². The Morgan fingerprint density at radius 2 is 1.88 bits per heavy atom. The van der Waals surface area contributed by atoms with Crippen LogP contribution in [0.4, 0.5) is 5.00 Å². The fourth-order valence-electron chi connectivity index (χ4n) is 2.51. The molecule has 5 heteroatoms. The summed E-state index contributed by atoms with van der Waals surface area (Å²) in [6, 6.07) is 10.6. The Hall–Kier alpha value is -2.16. The molecule has 0 saturated carbocycles. The van der Waals surface area contributed by atoms with Crippen LogP contribution in [0.3, 0.4) is 0 Å². The molecule has 0 bridgehead atoms. The zero-order valence-electron chi connectivity index (χ0n) is 14.6. The molecule has 0 radical (unpaired) electrons. The van der Waals surface area contributed by atoms with E-state index in [1.54, 1.807) is 0 Å². The number of hydrogen-bond donors (Lipinski definition) is 1. The van der Waals surface area contributed by atoms with Crippen molar-refractivity contribution in [3.8, 4) is 6.07 Å². The van der Waals surface area contributed by atoms with Crippen LogP contribution >= 0.6 is 11.3 Å². The van der Waals surface area contributed by atoms with E-state index in [0.717, 1.165) is 16.9 Å². The van der Waals surface area contributed by atoms with Crippen LogP contribution < -0.4 is 5.32 Å². The molecular weight excluding hydrogens is 318 g/mol. The lowest BCUT2D eigenvalue weighted by Crippen LogP contribution is -2.29. The Kier molecular flexibility index (Phi) is 6.13. The third-order valence-electron chi connectivity index (χ3n) is 4.05. The summed E-state index contributed by atoms with van der Waals surface area (Å²) >= 11 is 1.46. The summed E-state index contributed by atoms with van der Waals surface area (Å²) in [5.74, 6) is -0.0968. The zero-order valence-corrected chi connectivity index (χ0v) is 15.5. The maximum absolute atomic E-state index is 12.2. The highest BCUT2D eigenvalue weighted by Crippen LogP contribution is 2.31. The largest absolute Gasteiger partial charge is 0.315 e. The predicted molar refractivity (Wildman–Crippen MR) is 99.3 cm³/mol. The van der Waals surface area contributed by atoms with Gasteiger partial charge in [-0.15, -0.1) is 11.3 Å². The van der Waals surface area contributed by atoms with Crippen molar-refractivity contribution < 1.29 is 4.79 Å². The molecule has 24 heavy (non-hydrogen) atoms. The van der Waals surface area contributed by atoms with Crippen molar-refractivity contribution in [2.24, 2.45) is 0 Å². The van der Waals surface area contributed by atoms with Crippen LogP contribution in [0.2, 0.25) is 0 Å². The number of thiophene rings is 1. The second-order valence-electron chi connectivity index (χ2n) is 5.99. The number of likely N-dealkylation sites (N-methyl/N-ethyl adjacent to an activating group) is 1. The van der Waals surface area contributed by atoms with E-state index in [1.807, 2.05) is 25.8 Å². The van der Waals surface area contributed by atoms with Crippen LogP contribution in [0.15, 0.2) is 24.3 Å². The Morgan fingerprint density at radius 1 is 1.25 bits per heavy atom. The lowest BCUT2D eigenvalue weighted by atomic mass is 10.1. The molecule has 0 unspecified atom stereocenters. The van der Waals surface area contributed by atoms with Crippen LogP contribution in [-0.2, 0) is 17.8 Å². The number of benzene rings is 1. The molecule has 0 spiro atoms. The summed E-state index contributed by atoms with van der Waals surface area (Å²) in [6.45, 7) is 7.01. The quantitative estimate of drug-likeness (QED) is 0.868. The molecule has 2 rings (SSSR count). The number of carbonyl (C=O) groups is 1. The van der Waals surface area contributed by atoms with Gasteiger partial charge in [0, 0.05) is 11.4 Å². The monoisotopic (exact) mass is 341 g/mol. The second kappa shape index (κ2) is 8.09. The number of nitrogens with zero attached hydrogens (tertiary/aromatic N) is 2. The highest BCUT2D eigenvalue weighted by molar-refractivity contribution is 7.16. The van der Waals surface area contributed by atoms with Gasteiger partial charge in [-0.1, -0.05) is 31.2 Å². The van der Waals surface area contributed by atoms with Crippen molar-refractivity contribution in [1.29, 1.82) is 5.26 Å². The van der Waals surface area contributed by atoms with Gasteiger partial charge in [0.25, 0.3) is 0 Å². The molecule has 0 atom stereocenters. The van der Waals surface area contributed by atoms with E-state index in [1.165, 1.54) is 22.5 Å². The van der Waals surface area contributed by atoms with Gasteiger partial charge in [0.1, 0.15) is 11.1 Å². The van der Waals surface area contributed by atoms with E-state index in [2.05, 4.69) is 42.6 Å². The Balaban J connectivity index is 1.94. The molecule has 0 fully saturated rings. The number of rotatable bonds is 6. The molecule has 0 aliphatic carbocycles. The fourth-order valence-corrected chi connectivity index (χ4v) is 3.54. The first kappa shape index (κ1) is 18.2. The summed E-state index contributed by atoms with van der Waals surface area (Å²) in [5.41, 5.74) is 4.01. The summed E-state index contributed by atoms with van der Waals surface area (Å²) < 4.78 is 0. The molecule has 1 aromatic carbocycles. The van der Waals surface area contributed by atoms with Gasteiger partial charge in [0.05, 0.1) is 12.1 Å². The fraction of sp³-hybridized carbons (Fsp3) is 0.368. The lowest BCUT2D eigenvalue weighted by molar-refractivity contribution is -0.117. The van der Waals surface area contributed by atoms with Gasteiger partial charge < -0.3 is 5.32 Å². The number of carbonyl (C=O) groups excluding carboxylic acids is 1. The normalized spacial score (nSPS) is 10.7. The first-order chi connectivity index (χ1) is 11.4. The van der Waals surface area contributed by atoms with Crippen LogP contribution in [0.25, 0.3) is 0 Å². The standard InChI is InChI=1S/C19H23N3OS/c1-5-15-6-8-16(9-7-15)11-22(4)12-18(23)21-19-17(10-20)13(2)14(3)24-19/h6-9H,5,11-12H2,1-4H3,(H,21,23). The van der Waals surface area contributed by atoms with Gasteiger partial charge in [-0.25, -0.2) is 0 Å². The molecule has 126 valence electrons. The molecular formula is C19H23N3OS. The molecule has 0 aliphatic heterocycles. The van der Waals surface area contributed by atoms with Gasteiger partial charge in [0.2, 0.25) is 5.91 Å². The second-order valence-corrected chi connectivity index (χ2v) is 7.21. The highest BCUT2D eigenvalue weighted by atomic mass is 32.1. The Bertz CT molecular complexity index is 756. The van der Waals surface area contributed by atoms with Crippen LogP contribution in [-0.4, -0.2) is 24.4 Å². The predicted octanol–water partition coefficient (Wildman–Crippen LogP) is 3.87. The first-order valence-electron chi connectivity index (χ1n) is 8.00. The number of amides is 1. The number of hydrogen-bond acceptors (Lipinski definition) is 4. The molecule has 2 aromatic rings. The number of anilines is 1. The third-order valence-corrected chi connectivity index (χ3v) is 5.17. The van der Waals surface area contributed by atoms with Gasteiger partial charge >= 0.3 is 0 Å². The molecule has 4 nitrogen and oxygen atoms in total. The van der Waals surface area contributed by atoms with E-state index in [4.69, 9.17) is 0 Å². The van der Waals surface area contributed by atoms with Gasteiger partial charge in [-0.2, -0.15) is 5.26 Å². The minimum absolute atomic E-state index is 0.0968. The van der Waals surface area contributed by atoms with Crippen molar-refractivity contribution in [3.05, 3.63) is 51.4 Å². The van der Waals surface area contributed by atoms with Crippen molar-refractivity contribution in [3.63, 3.8) is 0 Å². The number of nitriles is 1. The Morgan fingerprint density at radius 3 is 2.46 bits per heavy atom. The SMILES string of the molecule is CCc1ccc(CN(C)CC(=O)Nc2sc(C)c(C)c2C#N)cc1. The van der Waals surface area contributed by atoms with Crippen LogP contribution in [0, 0.1) is 25.2 Å². The number of aryl methyl sites for hydroxylation is 2. The lowest BCUT2D eigenvalue weighted by Gasteiger charge is -2.16. The molecule has 1 aromatic heterocycles. The zero-order chi connectivity index (χ0) is 17.7. The van der Waals surface area contributed by atoms with Crippen molar-refractivity contribution in [2.75, 3.05) is 18.9 Å². The summed E-state index contributed by atoms with van der Waals surface area (Å²) in [4.78, 5) is 15.3. The Labute approximate surface area is 147 Å². The van der Waals surface area contributed by atoms with E-state index >= 15 is 0 Å². The van der Waals surface area contributed by atoms with Crippen molar-refractivity contribution >= 4 is 22.2 Å². The topological polar surface area (TPSA) is 56.1 Å². The van der Waals surface area contributed by atoms with Crippen LogP contribution in [0.5, 0.6) is 0 Å². The summed E-state index contributed by atoms with van der Waals surface area (Å²) in [7, 11) is 1.92. The van der Waals surface area contributed by atoms with Crippen molar-refractivity contribution in [2.45, 2.75) is 33.7 Å². The van der Waals surface area contributed by atoms with Crippen LogP contribution in [0.1, 0.15) is 34.1 Å². The number of nitrogens with one attached hydrogen (secondary N) is 1. The molecule has 1 amide bonds. The molecule has 0 aliphatic rings. The average Bonchev–Trinajstić information content (AvgIpc) is 2.81. The van der Waals surface area contributed by atoms with E-state index in [9.17, 15) is 10.1 Å². The maximum atomic E-state index is 12.2. The molecule has 1 heterocycles. The maximum Gasteiger partial charge on any atom is 0.239 e. The van der Waals surface area contributed by atoms with Gasteiger partial charge in [0.15, 0.2) is 0 Å². The van der Waals surface area contributed by atoms with E-state index in [-0.39, 0.29) is 12.5 Å². The summed E-state index contributed by atoms with van der Waals surface area (Å²) in [6.07, 6.45) is 1.03. The highest BCUT2D eigenvalue weighted by Gasteiger charge is 2.15. The molecule has 0 saturated heterocycles. The minimum atomic E-state index is -0.0968. The van der Waals surface area contributed by atoms with E-state index < -0.39 is 0 Å². The first-order valence-corrected chi connectivity index (χ1v) is 8.82.